The van der Waals surface area contributed by atoms with Crippen LogP contribution in [0.4, 0.5) is 8.78 Å². The van der Waals surface area contributed by atoms with Gasteiger partial charge in [-0.15, -0.1) is 0 Å². The van der Waals surface area contributed by atoms with Crippen LogP contribution in [-0.2, 0) is 11.3 Å². The van der Waals surface area contributed by atoms with E-state index in [-0.39, 0.29) is 5.56 Å². The number of hydrogen-bond donors (Lipinski definition) is 1. The Balaban J connectivity index is 2.21. The first-order valence-electron chi connectivity index (χ1n) is 5.54. The third kappa shape index (κ3) is 5.45. The van der Waals surface area contributed by atoms with Crippen molar-refractivity contribution in [3.8, 4) is 0 Å². The van der Waals surface area contributed by atoms with Gasteiger partial charge in [0.25, 0.3) is 6.43 Å². The minimum absolute atomic E-state index is 0.0631. The van der Waals surface area contributed by atoms with E-state index in [2.05, 4.69) is 11.9 Å². The Morgan fingerprint density at radius 2 is 2.00 bits per heavy atom. The molecule has 0 aliphatic carbocycles. The average molecular weight is 241 g/mol. The largest absolute Gasteiger partial charge is 0.502 e. The van der Waals surface area contributed by atoms with Crippen LogP contribution in [0.2, 0.25) is 0 Å². The molecule has 1 aromatic rings. The molecule has 1 rings (SSSR count). The summed E-state index contributed by atoms with van der Waals surface area (Å²) >= 11 is 0. The monoisotopic (exact) mass is 241 g/mol. The molecule has 0 saturated carbocycles. The van der Waals surface area contributed by atoms with Crippen LogP contribution in [0.25, 0.3) is 0 Å². The number of benzene rings is 1. The lowest BCUT2D eigenvalue weighted by Gasteiger charge is -2.06. The molecule has 0 radical (unpaired) electrons. The Hall–Kier alpha value is -1.42. The second kappa shape index (κ2) is 7.79. The number of ether oxygens (including phenoxy) is 1. The van der Waals surface area contributed by atoms with Crippen molar-refractivity contribution in [3.05, 3.63) is 48.2 Å². The molecule has 0 aromatic heterocycles. The highest BCUT2D eigenvalue weighted by atomic mass is 19.3. The van der Waals surface area contributed by atoms with Gasteiger partial charge in [-0.1, -0.05) is 30.8 Å². The molecule has 0 aliphatic heterocycles. The van der Waals surface area contributed by atoms with Crippen molar-refractivity contribution in [2.75, 3.05) is 13.2 Å². The van der Waals surface area contributed by atoms with Crippen molar-refractivity contribution in [2.24, 2.45) is 0 Å². The Labute approximate surface area is 100 Å². The summed E-state index contributed by atoms with van der Waals surface area (Å²) in [6, 6.07) is 6.36. The highest BCUT2D eigenvalue weighted by Crippen LogP contribution is 2.18. The summed E-state index contributed by atoms with van der Waals surface area (Å²) in [6.07, 6.45) is -0.0856. The third-order valence-corrected chi connectivity index (χ3v) is 2.29. The van der Waals surface area contributed by atoms with E-state index in [4.69, 9.17) is 4.74 Å². The number of halogens is 2. The van der Waals surface area contributed by atoms with Gasteiger partial charge in [-0.3, -0.25) is 0 Å². The quantitative estimate of drug-likeness (QED) is 0.557. The van der Waals surface area contributed by atoms with E-state index < -0.39 is 6.43 Å². The van der Waals surface area contributed by atoms with E-state index in [0.29, 0.717) is 13.2 Å². The summed E-state index contributed by atoms with van der Waals surface area (Å²) in [6.45, 7) is 5.59. The van der Waals surface area contributed by atoms with Gasteiger partial charge in [0.15, 0.2) is 0 Å². The van der Waals surface area contributed by atoms with Gasteiger partial charge in [0, 0.05) is 12.1 Å². The number of hydrogen-bond acceptors (Lipinski definition) is 2. The van der Waals surface area contributed by atoms with E-state index in [1.54, 1.807) is 12.1 Å². The summed E-state index contributed by atoms with van der Waals surface area (Å²) in [5.74, 6) is 0. The molecule has 0 spiro atoms. The number of rotatable bonds is 8. The van der Waals surface area contributed by atoms with Crippen molar-refractivity contribution in [2.45, 2.75) is 19.4 Å². The van der Waals surface area contributed by atoms with Crippen molar-refractivity contribution in [1.29, 1.82) is 0 Å². The zero-order valence-electron chi connectivity index (χ0n) is 9.66. The average Bonchev–Trinajstić information content (AvgIpc) is 2.34. The van der Waals surface area contributed by atoms with Crippen LogP contribution in [0.1, 0.15) is 24.0 Å². The Kier molecular flexibility index (Phi) is 6.25. The predicted molar refractivity (Wildman–Crippen MR) is 63.9 cm³/mol. The standard InChI is InChI=1S/C13H17F2NO/c1-2-17-9-3-8-16-10-11-4-6-12(7-5-11)13(14)15/h2,4-7,13,16H,1,3,8-10H2. The fourth-order valence-corrected chi connectivity index (χ4v) is 1.38. The Morgan fingerprint density at radius 1 is 1.29 bits per heavy atom. The van der Waals surface area contributed by atoms with Gasteiger partial charge in [0.05, 0.1) is 12.9 Å². The number of nitrogens with one attached hydrogen (secondary N) is 1. The van der Waals surface area contributed by atoms with Crippen LogP contribution in [0, 0.1) is 0 Å². The lowest BCUT2D eigenvalue weighted by atomic mass is 10.1. The van der Waals surface area contributed by atoms with E-state index in [1.807, 2.05) is 0 Å². The van der Waals surface area contributed by atoms with Crippen LogP contribution in [0.5, 0.6) is 0 Å². The molecule has 4 heteroatoms. The highest BCUT2D eigenvalue weighted by Gasteiger charge is 2.05. The molecule has 0 unspecified atom stereocenters. The second-order valence-corrected chi connectivity index (χ2v) is 3.61. The fourth-order valence-electron chi connectivity index (χ4n) is 1.38. The summed E-state index contributed by atoms with van der Waals surface area (Å²) in [4.78, 5) is 0. The van der Waals surface area contributed by atoms with Crippen molar-refractivity contribution in [1.82, 2.24) is 5.32 Å². The van der Waals surface area contributed by atoms with Crippen molar-refractivity contribution < 1.29 is 13.5 Å². The van der Waals surface area contributed by atoms with Gasteiger partial charge in [-0.05, 0) is 18.5 Å². The molecule has 0 bridgehead atoms. The molecule has 0 saturated heterocycles. The zero-order chi connectivity index (χ0) is 12.5. The second-order valence-electron chi connectivity index (χ2n) is 3.61. The predicted octanol–water partition coefficient (Wildman–Crippen LogP) is 3.26. The van der Waals surface area contributed by atoms with Gasteiger partial charge >= 0.3 is 0 Å². The third-order valence-electron chi connectivity index (χ3n) is 2.29. The van der Waals surface area contributed by atoms with Crippen LogP contribution in [-0.4, -0.2) is 13.2 Å². The molecule has 0 aliphatic rings. The lowest BCUT2D eigenvalue weighted by Crippen LogP contribution is -2.15. The normalized spacial score (nSPS) is 10.5. The van der Waals surface area contributed by atoms with Crippen LogP contribution >= 0.6 is 0 Å². The summed E-state index contributed by atoms with van der Waals surface area (Å²) in [5, 5.41) is 3.21. The van der Waals surface area contributed by atoms with Gasteiger partial charge in [-0.25, -0.2) is 8.78 Å². The fraction of sp³-hybridized carbons (Fsp3) is 0.385. The molecular weight excluding hydrogens is 224 g/mol. The first-order chi connectivity index (χ1) is 8.24. The van der Waals surface area contributed by atoms with E-state index in [9.17, 15) is 8.78 Å². The lowest BCUT2D eigenvalue weighted by molar-refractivity contribution is 0.151. The smallest absolute Gasteiger partial charge is 0.263 e. The molecule has 17 heavy (non-hydrogen) atoms. The van der Waals surface area contributed by atoms with Crippen molar-refractivity contribution >= 4 is 0 Å². The summed E-state index contributed by atoms with van der Waals surface area (Å²) in [7, 11) is 0. The molecule has 2 nitrogen and oxygen atoms in total. The van der Waals surface area contributed by atoms with Gasteiger partial charge in [0.2, 0.25) is 0 Å². The van der Waals surface area contributed by atoms with E-state index in [1.165, 1.54) is 18.4 Å². The zero-order valence-corrected chi connectivity index (χ0v) is 9.66. The minimum Gasteiger partial charge on any atom is -0.502 e. The summed E-state index contributed by atoms with van der Waals surface area (Å²) in [5.41, 5.74) is 1.06. The molecule has 0 heterocycles. The van der Waals surface area contributed by atoms with Crippen molar-refractivity contribution in [3.63, 3.8) is 0 Å². The molecular formula is C13H17F2NO. The molecule has 1 aromatic carbocycles. The molecule has 94 valence electrons. The van der Waals surface area contributed by atoms with Gasteiger partial charge < -0.3 is 10.1 Å². The Morgan fingerprint density at radius 3 is 2.59 bits per heavy atom. The summed E-state index contributed by atoms with van der Waals surface area (Å²) < 4.78 is 29.5. The topological polar surface area (TPSA) is 21.3 Å². The van der Waals surface area contributed by atoms with Gasteiger partial charge in [-0.2, -0.15) is 0 Å². The molecule has 0 fully saturated rings. The van der Waals surface area contributed by atoms with Gasteiger partial charge in [0.1, 0.15) is 0 Å². The maximum Gasteiger partial charge on any atom is 0.263 e. The molecule has 0 atom stereocenters. The minimum atomic E-state index is -2.40. The van der Waals surface area contributed by atoms with Crippen LogP contribution in [0.15, 0.2) is 37.1 Å². The molecule has 1 N–H and O–H groups in total. The molecule has 0 amide bonds. The van der Waals surface area contributed by atoms with Crippen LogP contribution < -0.4 is 5.32 Å². The maximum absolute atomic E-state index is 12.3. The van der Waals surface area contributed by atoms with E-state index >= 15 is 0 Å². The SMILES string of the molecule is C=COCCCNCc1ccc(C(F)F)cc1. The first-order valence-corrected chi connectivity index (χ1v) is 5.54. The number of alkyl halides is 2. The highest BCUT2D eigenvalue weighted by molar-refractivity contribution is 5.23. The maximum atomic E-state index is 12.3. The Bertz CT molecular complexity index is 325. The first kappa shape index (κ1) is 13.6. The van der Waals surface area contributed by atoms with E-state index in [0.717, 1.165) is 18.5 Å². The van der Waals surface area contributed by atoms with Crippen LogP contribution in [0.3, 0.4) is 0 Å².